The highest BCUT2D eigenvalue weighted by Crippen LogP contribution is 2.25. The van der Waals surface area contributed by atoms with E-state index in [1.54, 1.807) is 11.4 Å². The maximum Gasteiger partial charge on any atom is 0.306 e. The summed E-state index contributed by atoms with van der Waals surface area (Å²) in [6.07, 6.45) is -0.260. The Morgan fingerprint density at radius 3 is 2.83 bits per heavy atom. The molecule has 1 unspecified atom stereocenters. The molecule has 0 bridgehead atoms. The average Bonchev–Trinajstić information content (AvgIpc) is 2.32. The van der Waals surface area contributed by atoms with Gasteiger partial charge in [-0.25, -0.2) is 0 Å². The summed E-state index contributed by atoms with van der Waals surface area (Å²) in [6, 6.07) is 1.73. The van der Waals surface area contributed by atoms with Crippen LogP contribution in [0, 0.1) is 0 Å². The lowest BCUT2D eigenvalue weighted by Crippen LogP contribution is -2.24. The number of hydrogen-bond acceptors (Lipinski definition) is 3. The molecule has 0 saturated heterocycles. The van der Waals surface area contributed by atoms with E-state index in [0.717, 1.165) is 0 Å². The lowest BCUT2D eigenvalue weighted by molar-refractivity contribution is -0.142. The molecule has 0 aliphatic carbocycles. The van der Waals surface area contributed by atoms with Crippen LogP contribution in [0.15, 0.2) is 16.8 Å². The Balaban J connectivity index is 2.79. The van der Waals surface area contributed by atoms with Gasteiger partial charge in [0.05, 0.1) is 12.0 Å². The third-order valence-corrected chi connectivity index (χ3v) is 2.32. The van der Waals surface area contributed by atoms with Crippen molar-refractivity contribution in [3.05, 3.63) is 22.4 Å². The molecule has 3 nitrogen and oxygen atoms in total. The van der Waals surface area contributed by atoms with Crippen molar-refractivity contribution in [1.29, 1.82) is 0 Å². The van der Waals surface area contributed by atoms with Crippen LogP contribution < -0.4 is 0 Å². The lowest BCUT2D eigenvalue weighted by Gasteiger charge is -2.19. The van der Waals surface area contributed by atoms with Crippen LogP contribution >= 0.6 is 11.3 Å². The molecule has 66 valence electrons. The monoisotopic (exact) mass is 186 g/mol. The van der Waals surface area contributed by atoms with Crippen molar-refractivity contribution in [3.63, 3.8) is 0 Å². The van der Waals surface area contributed by atoms with Crippen LogP contribution in [0.1, 0.15) is 18.9 Å². The molecular weight excluding hydrogens is 176 g/mol. The van der Waals surface area contributed by atoms with Crippen LogP contribution in [0.2, 0.25) is 0 Å². The van der Waals surface area contributed by atoms with Crippen molar-refractivity contribution in [3.8, 4) is 0 Å². The van der Waals surface area contributed by atoms with Crippen molar-refractivity contribution in [2.24, 2.45) is 0 Å². The summed E-state index contributed by atoms with van der Waals surface area (Å²) in [5.41, 5.74) is -0.582. The molecule has 1 aromatic heterocycles. The van der Waals surface area contributed by atoms with E-state index in [1.165, 1.54) is 18.3 Å². The van der Waals surface area contributed by atoms with Crippen molar-refractivity contribution in [2.45, 2.75) is 18.9 Å². The highest BCUT2D eigenvalue weighted by Gasteiger charge is 2.26. The van der Waals surface area contributed by atoms with Crippen molar-refractivity contribution >= 4 is 17.3 Å². The van der Waals surface area contributed by atoms with Gasteiger partial charge in [-0.1, -0.05) is 0 Å². The summed E-state index contributed by atoms with van der Waals surface area (Å²) in [4.78, 5) is 10.4. The Bertz CT molecular complexity index is 264. The molecule has 1 heterocycles. The van der Waals surface area contributed by atoms with E-state index in [0.29, 0.717) is 5.56 Å². The van der Waals surface area contributed by atoms with E-state index >= 15 is 0 Å². The van der Waals surface area contributed by atoms with Gasteiger partial charge < -0.3 is 10.2 Å². The van der Waals surface area contributed by atoms with E-state index in [4.69, 9.17) is 5.11 Å². The summed E-state index contributed by atoms with van der Waals surface area (Å²) in [6.45, 7) is 1.50. The van der Waals surface area contributed by atoms with Crippen molar-refractivity contribution < 1.29 is 15.0 Å². The van der Waals surface area contributed by atoms with E-state index in [2.05, 4.69) is 0 Å². The van der Waals surface area contributed by atoms with Gasteiger partial charge in [-0.15, -0.1) is 0 Å². The van der Waals surface area contributed by atoms with E-state index < -0.39 is 11.6 Å². The number of thiophene rings is 1. The number of rotatable bonds is 3. The molecule has 4 heteroatoms. The van der Waals surface area contributed by atoms with Gasteiger partial charge in [0.25, 0.3) is 0 Å². The first kappa shape index (κ1) is 9.22. The van der Waals surface area contributed by atoms with Gasteiger partial charge in [-0.3, -0.25) is 4.79 Å². The first-order valence-electron chi connectivity index (χ1n) is 3.49. The minimum atomic E-state index is -1.24. The maximum atomic E-state index is 10.4. The number of carbonyl (C=O) groups is 1. The van der Waals surface area contributed by atoms with Gasteiger partial charge in [-0.2, -0.15) is 11.3 Å². The van der Waals surface area contributed by atoms with E-state index in [9.17, 15) is 9.90 Å². The zero-order valence-corrected chi connectivity index (χ0v) is 7.47. The summed E-state index contributed by atoms with van der Waals surface area (Å²) in [5, 5.41) is 21.7. The summed E-state index contributed by atoms with van der Waals surface area (Å²) in [5.74, 6) is -0.994. The van der Waals surface area contributed by atoms with Crippen molar-refractivity contribution in [2.75, 3.05) is 0 Å². The molecule has 0 aromatic carbocycles. The van der Waals surface area contributed by atoms with E-state index in [1.807, 2.05) is 5.38 Å². The van der Waals surface area contributed by atoms with E-state index in [-0.39, 0.29) is 6.42 Å². The Morgan fingerprint density at radius 1 is 1.75 bits per heavy atom. The second kappa shape index (κ2) is 3.25. The smallest absolute Gasteiger partial charge is 0.306 e. The van der Waals surface area contributed by atoms with Gasteiger partial charge in [0.1, 0.15) is 0 Å². The second-order valence-electron chi connectivity index (χ2n) is 2.86. The first-order chi connectivity index (χ1) is 5.52. The Hall–Kier alpha value is -0.870. The summed E-state index contributed by atoms with van der Waals surface area (Å²) >= 11 is 1.44. The van der Waals surface area contributed by atoms with Crippen LogP contribution in [-0.4, -0.2) is 16.2 Å². The maximum absolute atomic E-state index is 10.4. The highest BCUT2D eigenvalue weighted by molar-refractivity contribution is 7.08. The number of aliphatic hydroxyl groups is 1. The van der Waals surface area contributed by atoms with Crippen LogP contribution in [0.3, 0.4) is 0 Å². The molecule has 1 aromatic rings. The fourth-order valence-electron chi connectivity index (χ4n) is 0.967. The van der Waals surface area contributed by atoms with Gasteiger partial charge >= 0.3 is 5.97 Å². The van der Waals surface area contributed by atoms with Gasteiger partial charge in [0, 0.05) is 0 Å². The Labute approximate surface area is 74.3 Å². The molecular formula is C8H10O3S. The first-order valence-corrected chi connectivity index (χ1v) is 4.43. The molecule has 0 spiro atoms. The largest absolute Gasteiger partial charge is 0.481 e. The third-order valence-electron chi connectivity index (χ3n) is 1.64. The molecule has 0 aliphatic rings. The molecule has 2 N–H and O–H groups in total. The Morgan fingerprint density at radius 2 is 2.42 bits per heavy atom. The van der Waals surface area contributed by atoms with Gasteiger partial charge in [0.2, 0.25) is 0 Å². The number of carboxylic acids is 1. The zero-order chi connectivity index (χ0) is 9.19. The zero-order valence-electron chi connectivity index (χ0n) is 6.65. The lowest BCUT2D eigenvalue weighted by atomic mass is 9.95. The summed E-state index contributed by atoms with van der Waals surface area (Å²) < 4.78 is 0. The van der Waals surface area contributed by atoms with Crippen LogP contribution in [0.4, 0.5) is 0 Å². The predicted octanol–water partition coefficient (Wildman–Crippen LogP) is 1.43. The normalized spacial score (nSPS) is 15.5. The molecule has 1 rings (SSSR count). The molecule has 0 saturated carbocycles. The SMILES string of the molecule is CC(O)(CC(=O)O)c1ccsc1. The third kappa shape index (κ3) is 2.06. The summed E-state index contributed by atoms with van der Waals surface area (Å²) in [7, 11) is 0. The number of hydrogen-bond donors (Lipinski definition) is 2. The average molecular weight is 186 g/mol. The fraction of sp³-hybridized carbons (Fsp3) is 0.375. The molecule has 1 atom stereocenters. The quantitative estimate of drug-likeness (QED) is 0.750. The molecule has 0 amide bonds. The minimum Gasteiger partial charge on any atom is -0.481 e. The highest BCUT2D eigenvalue weighted by atomic mass is 32.1. The standard InChI is InChI=1S/C8H10O3S/c1-8(11,4-7(9)10)6-2-3-12-5-6/h2-3,5,11H,4H2,1H3,(H,9,10). The van der Waals surface area contributed by atoms with Crippen molar-refractivity contribution in [1.82, 2.24) is 0 Å². The topological polar surface area (TPSA) is 57.5 Å². The van der Waals surface area contributed by atoms with Crippen LogP contribution in [0.25, 0.3) is 0 Å². The predicted molar refractivity (Wildman–Crippen MR) is 46.1 cm³/mol. The molecule has 0 aliphatic heterocycles. The second-order valence-corrected chi connectivity index (χ2v) is 3.64. The number of aliphatic carboxylic acids is 1. The molecule has 0 fully saturated rings. The molecule has 12 heavy (non-hydrogen) atoms. The van der Waals surface area contributed by atoms with Gasteiger partial charge in [0.15, 0.2) is 0 Å². The Kier molecular flexibility index (Phi) is 2.49. The molecule has 0 radical (unpaired) electrons. The minimum absolute atomic E-state index is 0.260. The van der Waals surface area contributed by atoms with Crippen LogP contribution in [-0.2, 0) is 10.4 Å². The van der Waals surface area contributed by atoms with Gasteiger partial charge in [-0.05, 0) is 29.3 Å². The number of carboxylic acid groups (broad SMARTS) is 1. The van der Waals surface area contributed by atoms with Crippen LogP contribution in [0.5, 0.6) is 0 Å². The fourth-order valence-corrected chi connectivity index (χ4v) is 1.75.